The lowest BCUT2D eigenvalue weighted by atomic mass is 10.1. The van der Waals surface area contributed by atoms with Gasteiger partial charge in [0.2, 0.25) is 0 Å². The summed E-state index contributed by atoms with van der Waals surface area (Å²) in [4.78, 5) is 4.27. The van der Waals surface area contributed by atoms with Gasteiger partial charge in [-0.05, 0) is 60.9 Å². The molecule has 0 fully saturated rings. The van der Waals surface area contributed by atoms with Crippen LogP contribution in [0.4, 0.5) is 5.69 Å². The molecule has 102 valence electrons. The van der Waals surface area contributed by atoms with E-state index in [0.717, 1.165) is 21.2 Å². The number of allylic oxidation sites excluding steroid dienone is 1. The maximum atomic E-state index is 9.82. The first-order valence-corrected chi connectivity index (χ1v) is 7.12. The molecule has 1 N–H and O–H groups in total. The van der Waals surface area contributed by atoms with Gasteiger partial charge in [-0.1, -0.05) is 34.1 Å². The Morgan fingerprint density at radius 1 is 1.10 bits per heavy atom. The quantitative estimate of drug-likeness (QED) is 0.772. The van der Waals surface area contributed by atoms with E-state index in [1.807, 2.05) is 56.3 Å². The van der Waals surface area contributed by atoms with Crippen LogP contribution < -0.4 is 0 Å². The molecule has 0 atom stereocenters. The zero-order chi connectivity index (χ0) is 14.5. The third-order valence-electron chi connectivity index (χ3n) is 3.03. The molecule has 0 aliphatic heterocycles. The zero-order valence-electron chi connectivity index (χ0n) is 11.5. The second-order valence-electron chi connectivity index (χ2n) is 4.62. The Bertz CT molecular complexity index is 675. The largest absolute Gasteiger partial charge is 0.506 e. The molecule has 0 aromatic heterocycles. The van der Waals surface area contributed by atoms with E-state index in [2.05, 4.69) is 20.9 Å². The van der Waals surface area contributed by atoms with Gasteiger partial charge in [0.05, 0.1) is 0 Å². The van der Waals surface area contributed by atoms with Crippen LogP contribution in [0.3, 0.4) is 0 Å². The van der Waals surface area contributed by atoms with Crippen LogP contribution >= 0.6 is 15.9 Å². The van der Waals surface area contributed by atoms with Gasteiger partial charge < -0.3 is 5.11 Å². The SMILES string of the molecule is Cc1cc(O)c(N=C/C=C\c2cccc(Br)c2)cc1C. The molecule has 0 aliphatic carbocycles. The highest BCUT2D eigenvalue weighted by Gasteiger charge is 2.01. The average molecular weight is 330 g/mol. The van der Waals surface area contributed by atoms with Gasteiger partial charge in [0, 0.05) is 10.7 Å². The van der Waals surface area contributed by atoms with Crippen LogP contribution in [-0.2, 0) is 0 Å². The molecule has 0 unspecified atom stereocenters. The molecule has 0 saturated heterocycles. The van der Waals surface area contributed by atoms with Crippen molar-refractivity contribution in [1.29, 1.82) is 0 Å². The summed E-state index contributed by atoms with van der Waals surface area (Å²) in [7, 11) is 0. The fourth-order valence-corrected chi connectivity index (χ4v) is 2.19. The predicted molar refractivity (Wildman–Crippen MR) is 88.9 cm³/mol. The highest BCUT2D eigenvalue weighted by molar-refractivity contribution is 9.10. The van der Waals surface area contributed by atoms with Gasteiger partial charge in [-0.15, -0.1) is 0 Å². The van der Waals surface area contributed by atoms with Crippen LogP contribution in [-0.4, -0.2) is 11.3 Å². The summed E-state index contributed by atoms with van der Waals surface area (Å²) in [5.74, 6) is 0.209. The first-order chi connectivity index (χ1) is 9.56. The van der Waals surface area contributed by atoms with Crippen molar-refractivity contribution in [2.24, 2.45) is 4.99 Å². The van der Waals surface area contributed by atoms with Crippen molar-refractivity contribution < 1.29 is 5.11 Å². The molecule has 2 nitrogen and oxygen atoms in total. The summed E-state index contributed by atoms with van der Waals surface area (Å²) in [6.07, 6.45) is 5.51. The number of aromatic hydroxyl groups is 1. The van der Waals surface area contributed by atoms with Crippen molar-refractivity contribution in [3.63, 3.8) is 0 Å². The number of aryl methyl sites for hydroxylation is 2. The number of halogens is 1. The summed E-state index contributed by atoms with van der Waals surface area (Å²) < 4.78 is 1.04. The highest BCUT2D eigenvalue weighted by Crippen LogP contribution is 2.29. The molecule has 0 aliphatic rings. The first kappa shape index (κ1) is 14.5. The molecule has 0 saturated carbocycles. The molecule has 0 radical (unpaired) electrons. The van der Waals surface area contributed by atoms with E-state index in [0.29, 0.717) is 5.69 Å². The van der Waals surface area contributed by atoms with Crippen LogP contribution in [0.2, 0.25) is 0 Å². The average Bonchev–Trinajstić information content (AvgIpc) is 2.40. The third kappa shape index (κ3) is 3.81. The normalized spacial score (nSPS) is 11.6. The van der Waals surface area contributed by atoms with Gasteiger partial charge in [0.15, 0.2) is 0 Å². The topological polar surface area (TPSA) is 32.6 Å². The van der Waals surface area contributed by atoms with Crippen LogP contribution in [0.5, 0.6) is 5.75 Å². The van der Waals surface area contributed by atoms with Crippen molar-refractivity contribution >= 4 is 33.9 Å². The fourth-order valence-electron chi connectivity index (χ4n) is 1.78. The van der Waals surface area contributed by atoms with Crippen molar-refractivity contribution in [1.82, 2.24) is 0 Å². The number of aliphatic imine (C=N–C) groups is 1. The first-order valence-electron chi connectivity index (χ1n) is 6.33. The molecule has 0 spiro atoms. The van der Waals surface area contributed by atoms with Gasteiger partial charge in [-0.3, -0.25) is 4.99 Å². The summed E-state index contributed by atoms with van der Waals surface area (Å²) in [6, 6.07) is 11.6. The van der Waals surface area contributed by atoms with E-state index in [4.69, 9.17) is 0 Å². The smallest absolute Gasteiger partial charge is 0.141 e. The molecular formula is C17H16BrNO. The lowest BCUT2D eigenvalue weighted by Crippen LogP contribution is -1.80. The summed E-state index contributed by atoms with van der Waals surface area (Å²) in [6.45, 7) is 3.97. The number of hydrogen-bond donors (Lipinski definition) is 1. The Hall–Kier alpha value is -1.87. The summed E-state index contributed by atoms with van der Waals surface area (Å²) >= 11 is 3.43. The van der Waals surface area contributed by atoms with Crippen molar-refractivity contribution in [3.05, 3.63) is 63.6 Å². The standard InChI is InChI=1S/C17H16BrNO/c1-12-9-16(17(20)10-13(12)2)19-8-4-6-14-5-3-7-15(18)11-14/h3-11,20H,1-2H3/b6-4-,19-8?. The minimum atomic E-state index is 0.209. The van der Waals surface area contributed by atoms with Gasteiger partial charge in [0.1, 0.15) is 11.4 Å². The van der Waals surface area contributed by atoms with E-state index in [1.54, 1.807) is 12.3 Å². The lowest BCUT2D eigenvalue weighted by molar-refractivity contribution is 0.476. The van der Waals surface area contributed by atoms with Crippen LogP contribution in [0.1, 0.15) is 16.7 Å². The minimum Gasteiger partial charge on any atom is -0.506 e. The third-order valence-corrected chi connectivity index (χ3v) is 3.52. The van der Waals surface area contributed by atoms with Gasteiger partial charge in [-0.2, -0.15) is 0 Å². The second-order valence-corrected chi connectivity index (χ2v) is 5.53. The minimum absolute atomic E-state index is 0.209. The Kier molecular flexibility index (Phi) is 4.74. The van der Waals surface area contributed by atoms with E-state index < -0.39 is 0 Å². The molecule has 2 aromatic carbocycles. The van der Waals surface area contributed by atoms with Crippen molar-refractivity contribution in [2.75, 3.05) is 0 Å². The predicted octanol–water partition coefficient (Wildman–Crippen LogP) is 5.19. The van der Waals surface area contributed by atoms with E-state index in [1.165, 1.54) is 0 Å². The number of phenols is 1. The second kappa shape index (κ2) is 6.53. The maximum absolute atomic E-state index is 9.82. The Balaban J connectivity index is 2.12. The highest BCUT2D eigenvalue weighted by atomic mass is 79.9. The van der Waals surface area contributed by atoms with Crippen LogP contribution in [0.25, 0.3) is 6.08 Å². The number of phenolic OH excluding ortho intramolecular Hbond substituents is 1. The fraction of sp³-hybridized carbons (Fsp3) is 0.118. The molecule has 20 heavy (non-hydrogen) atoms. The van der Waals surface area contributed by atoms with Gasteiger partial charge >= 0.3 is 0 Å². The molecule has 2 aromatic rings. The zero-order valence-corrected chi connectivity index (χ0v) is 13.1. The molecule has 2 rings (SSSR count). The Morgan fingerprint density at radius 3 is 2.60 bits per heavy atom. The van der Waals surface area contributed by atoms with Crippen LogP contribution in [0.15, 0.2) is 51.9 Å². The van der Waals surface area contributed by atoms with E-state index >= 15 is 0 Å². The molecule has 3 heteroatoms. The van der Waals surface area contributed by atoms with Crippen molar-refractivity contribution in [2.45, 2.75) is 13.8 Å². The number of nitrogens with zero attached hydrogens (tertiary/aromatic N) is 1. The molecular weight excluding hydrogens is 314 g/mol. The Morgan fingerprint density at radius 2 is 1.85 bits per heavy atom. The monoisotopic (exact) mass is 329 g/mol. The lowest BCUT2D eigenvalue weighted by Gasteiger charge is -2.03. The van der Waals surface area contributed by atoms with Crippen LogP contribution in [0, 0.1) is 13.8 Å². The van der Waals surface area contributed by atoms with E-state index in [-0.39, 0.29) is 5.75 Å². The number of hydrogen-bond acceptors (Lipinski definition) is 2. The number of rotatable bonds is 3. The van der Waals surface area contributed by atoms with E-state index in [9.17, 15) is 5.11 Å². The molecule has 0 heterocycles. The molecule has 0 amide bonds. The van der Waals surface area contributed by atoms with Gasteiger partial charge in [0.25, 0.3) is 0 Å². The summed E-state index contributed by atoms with van der Waals surface area (Å²) in [5, 5.41) is 9.82. The van der Waals surface area contributed by atoms with Crippen molar-refractivity contribution in [3.8, 4) is 5.75 Å². The summed E-state index contributed by atoms with van der Waals surface area (Å²) in [5.41, 5.74) is 3.86. The maximum Gasteiger partial charge on any atom is 0.141 e. The number of benzene rings is 2. The Labute approximate surface area is 127 Å². The molecule has 0 bridgehead atoms. The van der Waals surface area contributed by atoms with Gasteiger partial charge in [-0.25, -0.2) is 0 Å².